The molecule has 2 aromatic carbocycles. The van der Waals surface area contributed by atoms with Crippen LogP contribution in [0.4, 0.5) is 4.39 Å². The number of carbonyl (C=O) groups excluding carboxylic acids is 1. The molecule has 1 aliphatic rings. The van der Waals surface area contributed by atoms with E-state index in [0.29, 0.717) is 5.82 Å². The number of hydrogen-bond acceptors (Lipinski definition) is 2. The highest BCUT2D eigenvalue weighted by Crippen LogP contribution is 2.33. The van der Waals surface area contributed by atoms with Crippen LogP contribution in [0.25, 0.3) is 11.0 Å². The maximum absolute atomic E-state index is 13.0. The van der Waals surface area contributed by atoms with Crippen LogP contribution in [0.3, 0.4) is 0 Å². The fraction of sp³-hybridized carbons (Fsp3) is 0.222. The van der Waals surface area contributed by atoms with Crippen LogP contribution in [-0.4, -0.2) is 27.3 Å². The van der Waals surface area contributed by atoms with Crippen molar-refractivity contribution in [2.75, 3.05) is 6.54 Å². The normalized spacial score (nSPS) is 17.3. The van der Waals surface area contributed by atoms with Crippen LogP contribution in [0, 0.1) is 5.82 Å². The second kappa shape index (κ2) is 5.50. The van der Waals surface area contributed by atoms with E-state index in [2.05, 4.69) is 9.97 Å². The molecule has 1 unspecified atom stereocenters. The number of amides is 1. The van der Waals surface area contributed by atoms with Crippen molar-refractivity contribution in [3.05, 3.63) is 65.7 Å². The maximum atomic E-state index is 13.0. The third-order valence-electron chi connectivity index (χ3n) is 4.35. The molecule has 1 fully saturated rings. The van der Waals surface area contributed by atoms with Gasteiger partial charge in [0.15, 0.2) is 0 Å². The number of nitrogens with one attached hydrogen (secondary N) is 1. The quantitative estimate of drug-likeness (QED) is 0.807. The molecular weight excluding hydrogens is 293 g/mol. The molecule has 1 amide bonds. The molecule has 0 spiro atoms. The van der Waals surface area contributed by atoms with Crippen molar-refractivity contribution < 1.29 is 9.18 Å². The number of para-hydroxylation sites is 2. The smallest absolute Gasteiger partial charge is 0.230 e. The average molecular weight is 309 g/mol. The highest BCUT2D eigenvalue weighted by molar-refractivity contribution is 5.81. The van der Waals surface area contributed by atoms with Crippen molar-refractivity contribution in [1.82, 2.24) is 14.9 Å². The number of fused-ring (bicyclic) bond motifs is 1. The molecule has 1 aliphatic heterocycles. The van der Waals surface area contributed by atoms with E-state index in [1.54, 1.807) is 12.1 Å². The number of H-pyrrole nitrogens is 1. The molecule has 2 heterocycles. The van der Waals surface area contributed by atoms with Crippen molar-refractivity contribution in [1.29, 1.82) is 0 Å². The lowest BCUT2D eigenvalue weighted by Crippen LogP contribution is -2.45. The molecule has 1 atom stereocenters. The fourth-order valence-corrected chi connectivity index (χ4v) is 3.05. The molecule has 4 rings (SSSR count). The lowest BCUT2D eigenvalue weighted by atomic mass is 9.94. The Bertz CT molecular complexity index is 823. The summed E-state index contributed by atoms with van der Waals surface area (Å²) in [6, 6.07) is 14.2. The van der Waals surface area contributed by atoms with Gasteiger partial charge >= 0.3 is 0 Å². The second-order valence-electron chi connectivity index (χ2n) is 5.82. The van der Waals surface area contributed by atoms with Crippen LogP contribution in [-0.2, 0) is 11.2 Å². The van der Waals surface area contributed by atoms with Gasteiger partial charge in [0.25, 0.3) is 0 Å². The lowest BCUT2D eigenvalue weighted by Gasteiger charge is -2.41. The molecule has 4 nitrogen and oxygen atoms in total. The van der Waals surface area contributed by atoms with Gasteiger partial charge in [0.1, 0.15) is 11.6 Å². The van der Waals surface area contributed by atoms with Gasteiger partial charge in [-0.1, -0.05) is 24.3 Å². The number of rotatable bonds is 3. The molecule has 0 aliphatic carbocycles. The zero-order valence-corrected chi connectivity index (χ0v) is 12.5. The Hall–Kier alpha value is -2.69. The summed E-state index contributed by atoms with van der Waals surface area (Å²) in [5.41, 5.74) is 2.79. The van der Waals surface area contributed by atoms with E-state index in [1.165, 1.54) is 12.1 Å². The van der Waals surface area contributed by atoms with E-state index in [4.69, 9.17) is 0 Å². The molecule has 0 radical (unpaired) electrons. The van der Waals surface area contributed by atoms with Gasteiger partial charge in [0, 0.05) is 6.54 Å². The van der Waals surface area contributed by atoms with E-state index in [9.17, 15) is 9.18 Å². The molecule has 1 saturated heterocycles. The zero-order chi connectivity index (χ0) is 15.8. The van der Waals surface area contributed by atoms with Crippen LogP contribution < -0.4 is 0 Å². The summed E-state index contributed by atoms with van der Waals surface area (Å²) in [6.07, 6.45) is 1.17. The van der Waals surface area contributed by atoms with Crippen molar-refractivity contribution >= 4 is 16.9 Å². The summed E-state index contributed by atoms with van der Waals surface area (Å²) in [6.45, 7) is 0.737. The summed E-state index contributed by atoms with van der Waals surface area (Å²) in [5, 5.41) is 0. The van der Waals surface area contributed by atoms with Gasteiger partial charge < -0.3 is 9.88 Å². The maximum Gasteiger partial charge on any atom is 0.230 e. The lowest BCUT2D eigenvalue weighted by molar-refractivity contribution is -0.138. The topological polar surface area (TPSA) is 49.0 Å². The largest absolute Gasteiger partial charge is 0.342 e. The molecule has 1 aromatic heterocycles. The van der Waals surface area contributed by atoms with Crippen LogP contribution >= 0.6 is 0 Å². The van der Waals surface area contributed by atoms with Crippen molar-refractivity contribution in [2.24, 2.45) is 0 Å². The SMILES string of the molecule is O=C(Cc1nc2ccccc2[nH]1)N1CCC1c1ccc(F)cc1. The van der Waals surface area contributed by atoms with Crippen LogP contribution in [0.15, 0.2) is 48.5 Å². The number of imidazole rings is 1. The Morgan fingerprint density at radius 2 is 2.00 bits per heavy atom. The Morgan fingerprint density at radius 3 is 2.70 bits per heavy atom. The zero-order valence-electron chi connectivity index (χ0n) is 12.5. The Balaban J connectivity index is 1.49. The average Bonchev–Trinajstić information content (AvgIpc) is 2.90. The van der Waals surface area contributed by atoms with Gasteiger partial charge in [-0.2, -0.15) is 0 Å². The first-order valence-corrected chi connectivity index (χ1v) is 7.69. The van der Waals surface area contributed by atoms with Gasteiger partial charge in [-0.05, 0) is 36.2 Å². The minimum atomic E-state index is -0.256. The predicted molar refractivity (Wildman–Crippen MR) is 85.3 cm³/mol. The number of benzene rings is 2. The number of aromatic nitrogens is 2. The van der Waals surface area contributed by atoms with Crippen molar-refractivity contribution in [3.8, 4) is 0 Å². The van der Waals surface area contributed by atoms with E-state index in [-0.39, 0.29) is 24.2 Å². The third kappa shape index (κ3) is 2.59. The van der Waals surface area contributed by atoms with E-state index in [1.807, 2.05) is 29.2 Å². The molecule has 1 N–H and O–H groups in total. The highest BCUT2D eigenvalue weighted by atomic mass is 19.1. The third-order valence-corrected chi connectivity index (χ3v) is 4.35. The fourth-order valence-electron chi connectivity index (χ4n) is 3.05. The van der Waals surface area contributed by atoms with Gasteiger partial charge in [0.2, 0.25) is 5.91 Å². The van der Waals surface area contributed by atoms with Crippen LogP contribution in [0.2, 0.25) is 0 Å². The minimum absolute atomic E-state index is 0.0460. The monoisotopic (exact) mass is 309 g/mol. The van der Waals surface area contributed by atoms with Crippen molar-refractivity contribution in [3.63, 3.8) is 0 Å². The predicted octanol–water partition coefficient (Wildman–Crippen LogP) is 3.22. The first kappa shape index (κ1) is 13.9. The number of nitrogens with zero attached hydrogens (tertiary/aromatic N) is 2. The van der Waals surface area contributed by atoms with Gasteiger partial charge in [-0.15, -0.1) is 0 Å². The summed E-state index contributed by atoms with van der Waals surface area (Å²) in [5.74, 6) is 0.471. The first-order chi connectivity index (χ1) is 11.2. The first-order valence-electron chi connectivity index (χ1n) is 7.69. The summed E-state index contributed by atoms with van der Waals surface area (Å²) < 4.78 is 13.0. The molecule has 3 aromatic rings. The Morgan fingerprint density at radius 1 is 1.22 bits per heavy atom. The summed E-state index contributed by atoms with van der Waals surface area (Å²) in [7, 11) is 0. The van der Waals surface area contributed by atoms with Gasteiger partial charge in [-0.25, -0.2) is 9.37 Å². The number of carbonyl (C=O) groups is 1. The molecule has 5 heteroatoms. The van der Waals surface area contributed by atoms with E-state index in [0.717, 1.165) is 29.6 Å². The highest BCUT2D eigenvalue weighted by Gasteiger charge is 2.33. The minimum Gasteiger partial charge on any atom is -0.342 e. The number of aromatic amines is 1. The molecule has 23 heavy (non-hydrogen) atoms. The Labute approximate surface area is 133 Å². The van der Waals surface area contributed by atoms with Crippen LogP contribution in [0.5, 0.6) is 0 Å². The van der Waals surface area contributed by atoms with Crippen LogP contribution in [0.1, 0.15) is 23.9 Å². The number of hydrogen-bond donors (Lipinski definition) is 1. The number of halogens is 1. The van der Waals surface area contributed by atoms with Gasteiger partial charge in [-0.3, -0.25) is 4.79 Å². The number of likely N-dealkylation sites (tertiary alicyclic amines) is 1. The molecule has 0 bridgehead atoms. The van der Waals surface area contributed by atoms with Crippen molar-refractivity contribution in [2.45, 2.75) is 18.9 Å². The summed E-state index contributed by atoms with van der Waals surface area (Å²) >= 11 is 0. The van der Waals surface area contributed by atoms with Gasteiger partial charge in [0.05, 0.1) is 23.5 Å². The summed E-state index contributed by atoms with van der Waals surface area (Å²) in [4.78, 5) is 22.0. The molecular formula is C18H16FN3O. The standard InChI is InChI=1S/C18H16FN3O/c19-13-7-5-12(6-8-13)16-9-10-22(16)18(23)11-17-20-14-3-1-2-4-15(14)21-17/h1-8,16H,9-11H2,(H,20,21). The van der Waals surface area contributed by atoms with E-state index >= 15 is 0 Å². The molecule has 116 valence electrons. The second-order valence-corrected chi connectivity index (χ2v) is 5.82. The molecule has 0 saturated carbocycles. The Kier molecular flexibility index (Phi) is 3.33. The van der Waals surface area contributed by atoms with E-state index < -0.39 is 0 Å².